The molecule has 2 amide bonds. The zero-order chi connectivity index (χ0) is 21.3. The second-order valence-electron chi connectivity index (χ2n) is 7.86. The summed E-state index contributed by atoms with van der Waals surface area (Å²) in [5, 5.41) is 7.02. The van der Waals surface area contributed by atoms with Crippen molar-refractivity contribution in [2.24, 2.45) is 5.92 Å². The molecule has 1 fully saturated rings. The Morgan fingerprint density at radius 1 is 1.17 bits per heavy atom. The van der Waals surface area contributed by atoms with Gasteiger partial charge in [-0.05, 0) is 32.9 Å². The number of nitrogens with zero attached hydrogens (tertiary/aromatic N) is 3. The van der Waals surface area contributed by atoms with Crippen LogP contribution < -0.4 is 5.32 Å². The van der Waals surface area contributed by atoms with Crippen LogP contribution in [0.1, 0.15) is 25.8 Å². The van der Waals surface area contributed by atoms with E-state index in [1.165, 1.54) is 0 Å². The maximum Gasteiger partial charge on any atom is 0.260 e. The van der Waals surface area contributed by atoms with E-state index < -0.39 is 0 Å². The van der Waals surface area contributed by atoms with Gasteiger partial charge in [0, 0.05) is 24.6 Å². The number of carbonyl (C=O) groups is 2. The van der Waals surface area contributed by atoms with Crippen LogP contribution >= 0.6 is 0 Å². The Balaban J connectivity index is 1.54. The molecular formula is C23H24N4O3. The standard InChI is InChI=1S/C23H24N4O3/c1-14(2)27-13-17(12-20(27)28)22(29)24-19-7-5-4-6-18(19)23-25-21(26-30-23)16-10-8-15(3)9-11-16/h4-11,14,17H,12-13H2,1-3H3,(H,24,29)/t17-/m0/s1. The molecule has 0 spiro atoms. The fraction of sp³-hybridized carbons (Fsp3) is 0.304. The van der Waals surface area contributed by atoms with Gasteiger partial charge in [0.1, 0.15) is 0 Å². The van der Waals surface area contributed by atoms with Gasteiger partial charge < -0.3 is 14.7 Å². The molecule has 30 heavy (non-hydrogen) atoms. The number of anilines is 1. The number of hydrogen-bond donors (Lipinski definition) is 1. The van der Waals surface area contributed by atoms with Crippen LogP contribution in [0.15, 0.2) is 53.1 Å². The molecule has 1 N–H and O–H groups in total. The van der Waals surface area contributed by atoms with Crippen molar-refractivity contribution in [1.82, 2.24) is 15.0 Å². The Bertz CT molecular complexity index is 1070. The molecular weight excluding hydrogens is 380 g/mol. The van der Waals surface area contributed by atoms with Crippen LogP contribution in [-0.2, 0) is 9.59 Å². The van der Waals surface area contributed by atoms with Crippen molar-refractivity contribution in [2.45, 2.75) is 33.2 Å². The second-order valence-corrected chi connectivity index (χ2v) is 7.86. The zero-order valence-corrected chi connectivity index (χ0v) is 17.3. The van der Waals surface area contributed by atoms with Crippen LogP contribution in [0.25, 0.3) is 22.8 Å². The van der Waals surface area contributed by atoms with E-state index in [-0.39, 0.29) is 30.2 Å². The fourth-order valence-corrected chi connectivity index (χ4v) is 3.57. The Morgan fingerprint density at radius 3 is 2.60 bits per heavy atom. The van der Waals surface area contributed by atoms with Gasteiger partial charge in [-0.1, -0.05) is 47.1 Å². The highest BCUT2D eigenvalue weighted by Gasteiger charge is 2.35. The highest BCUT2D eigenvalue weighted by molar-refractivity contribution is 5.99. The number of aryl methyl sites for hydroxylation is 1. The first kappa shape index (κ1) is 19.8. The molecule has 0 unspecified atom stereocenters. The number of para-hydroxylation sites is 1. The number of nitrogens with one attached hydrogen (secondary N) is 1. The summed E-state index contributed by atoms with van der Waals surface area (Å²) < 4.78 is 5.47. The largest absolute Gasteiger partial charge is 0.339 e. The summed E-state index contributed by atoms with van der Waals surface area (Å²) in [6.07, 6.45) is 0.226. The monoisotopic (exact) mass is 404 g/mol. The van der Waals surface area contributed by atoms with E-state index in [1.807, 2.05) is 63.2 Å². The maximum absolute atomic E-state index is 12.8. The van der Waals surface area contributed by atoms with Crippen LogP contribution in [0.2, 0.25) is 0 Å². The van der Waals surface area contributed by atoms with Crippen molar-refractivity contribution in [1.29, 1.82) is 0 Å². The predicted octanol–water partition coefficient (Wildman–Crippen LogP) is 3.91. The molecule has 0 aliphatic carbocycles. The van der Waals surface area contributed by atoms with Gasteiger partial charge in [0.25, 0.3) is 5.89 Å². The number of hydrogen-bond acceptors (Lipinski definition) is 5. The number of carbonyl (C=O) groups excluding carboxylic acids is 2. The van der Waals surface area contributed by atoms with Gasteiger partial charge in [-0.15, -0.1) is 0 Å². The molecule has 3 aromatic rings. The number of benzene rings is 2. The summed E-state index contributed by atoms with van der Waals surface area (Å²) in [5.41, 5.74) is 3.23. The first-order valence-corrected chi connectivity index (χ1v) is 10.0. The average Bonchev–Trinajstić information content (AvgIpc) is 3.36. The Labute approximate surface area is 175 Å². The molecule has 1 saturated heterocycles. The smallest absolute Gasteiger partial charge is 0.260 e. The molecule has 0 radical (unpaired) electrons. The van der Waals surface area contributed by atoms with Crippen molar-refractivity contribution in [3.8, 4) is 22.8 Å². The molecule has 0 bridgehead atoms. The minimum atomic E-state index is -0.376. The predicted molar refractivity (Wildman–Crippen MR) is 113 cm³/mol. The number of amides is 2. The molecule has 1 aliphatic heterocycles. The number of rotatable bonds is 5. The summed E-state index contributed by atoms with van der Waals surface area (Å²) in [5.74, 6) is 0.266. The van der Waals surface area contributed by atoms with Crippen LogP contribution in [0.4, 0.5) is 5.69 Å². The maximum atomic E-state index is 12.8. The van der Waals surface area contributed by atoms with Gasteiger partial charge in [0.05, 0.1) is 17.2 Å². The highest BCUT2D eigenvalue weighted by Crippen LogP contribution is 2.30. The lowest BCUT2D eigenvalue weighted by molar-refractivity contribution is -0.129. The van der Waals surface area contributed by atoms with Crippen molar-refractivity contribution in [3.63, 3.8) is 0 Å². The molecule has 2 aromatic carbocycles. The second kappa shape index (κ2) is 8.10. The van der Waals surface area contributed by atoms with E-state index in [0.717, 1.165) is 11.1 Å². The lowest BCUT2D eigenvalue weighted by atomic mass is 10.1. The quantitative estimate of drug-likeness (QED) is 0.697. The summed E-state index contributed by atoms with van der Waals surface area (Å²) in [7, 11) is 0. The topological polar surface area (TPSA) is 88.3 Å². The van der Waals surface area contributed by atoms with E-state index >= 15 is 0 Å². The first-order valence-electron chi connectivity index (χ1n) is 10.0. The molecule has 2 heterocycles. The third-order valence-electron chi connectivity index (χ3n) is 5.30. The van der Waals surface area contributed by atoms with Crippen LogP contribution in [0.5, 0.6) is 0 Å². The van der Waals surface area contributed by atoms with E-state index in [4.69, 9.17) is 4.52 Å². The van der Waals surface area contributed by atoms with Gasteiger partial charge in [-0.2, -0.15) is 4.98 Å². The summed E-state index contributed by atoms with van der Waals surface area (Å²) in [6, 6.07) is 15.2. The van der Waals surface area contributed by atoms with Crippen LogP contribution in [0.3, 0.4) is 0 Å². The van der Waals surface area contributed by atoms with Crippen molar-refractivity contribution in [3.05, 3.63) is 54.1 Å². The Morgan fingerprint density at radius 2 is 1.90 bits per heavy atom. The lowest BCUT2D eigenvalue weighted by Gasteiger charge is -2.20. The normalized spacial score (nSPS) is 16.3. The molecule has 4 rings (SSSR count). The summed E-state index contributed by atoms with van der Waals surface area (Å²) in [4.78, 5) is 31.2. The summed E-state index contributed by atoms with van der Waals surface area (Å²) in [6.45, 7) is 6.36. The zero-order valence-electron chi connectivity index (χ0n) is 17.3. The van der Waals surface area contributed by atoms with Gasteiger partial charge in [-0.25, -0.2) is 0 Å². The molecule has 7 heteroatoms. The molecule has 154 valence electrons. The third-order valence-corrected chi connectivity index (χ3v) is 5.30. The average molecular weight is 404 g/mol. The van der Waals surface area contributed by atoms with Gasteiger partial charge in [0.15, 0.2) is 0 Å². The molecule has 0 saturated carbocycles. The van der Waals surface area contributed by atoms with Gasteiger partial charge in [0.2, 0.25) is 17.6 Å². The van der Waals surface area contributed by atoms with Crippen molar-refractivity contribution < 1.29 is 14.1 Å². The highest BCUT2D eigenvalue weighted by atomic mass is 16.5. The molecule has 1 aromatic heterocycles. The Kier molecular flexibility index (Phi) is 5.35. The minimum Gasteiger partial charge on any atom is -0.339 e. The fourth-order valence-electron chi connectivity index (χ4n) is 3.57. The summed E-state index contributed by atoms with van der Waals surface area (Å²) >= 11 is 0. The van der Waals surface area contributed by atoms with Gasteiger partial charge >= 0.3 is 0 Å². The van der Waals surface area contributed by atoms with Crippen LogP contribution in [-0.4, -0.2) is 39.4 Å². The van der Waals surface area contributed by atoms with E-state index in [0.29, 0.717) is 29.5 Å². The van der Waals surface area contributed by atoms with Gasteiger partial charge in [-0.3, -0.25) is 9.59 Å². The first-order chi connectivity index (χ1) is 14.4. The number of likely N-dealkylation sites (tertiary alicyclic amines) is 1. The molecule has 7 nitrogen and oxygen atoms in total. The van der Waals surface area contributed by atoms with E-state index in [2.05, 4.69) is 15.5 Å². The SMILES string of the molecule is Cc1ccc(-c2noc(-c3ccccc3NC(=O)[C@H]3CC(=O)N(C(C)C)C3)n2)cc1. The van der Waals surface area contributed by atoms with E-state index in [9.17, 15) is 9.59 Å². The number of aromatic nitrogens is 2. The molecule has 1 aliphatic rings. The Hall–Kier alpha value is -3.48. The van der Waals surface area contributed by atoms with Crippen molar-refractivity contribution in [2.75, 3.05) is 11.9 Å². The van der Waals surface area contributed by atoms with Crippen LogP contribution in [0, 0.1) is 12.8 Å². The minimum absolute atomic E-state index is 0.0121. The van der Waals surface area contributed by atoms with E-state index in [1.54, 1.807) is 11.0 Å². The lowest BCUT2D eigenvalue weighted by Crippen LogP contribution is -2.33. The molecule has 1 atom stereocenters. The third kappa shape index (κ3) is 3.96. The van der Waals surface area contributed by atoms with Crippen molar-refractivity contribution >= 4 is 17.5 Å².